The van der Waals surface area contributed by atoms with E-state index in [2.05, 4.69) is 33.4 Å². The van der Waals surface area contributed by atoms with E-state index >= 15 is 0 Å². The number of nitrogens with zero attached hydrogens (tertiary/aromatic N) is 2. The Hall–Kier alpha value is -2.57. The van der Waals surface area contributed by atoms with Gasteiger partial charge in [0.25, 0.3) is 5.91 Å². The number of carbonyl (C=O) groups is 1. The van der Waals surface area contributed by atoms with Gasteiger partial charge in [-0.1, -0.05) is 24.3 Å². The maximum absolute atomic E-state index is 12.3. The monoisotopic (exact) mass is 393 g/mol. The Morgan fingerprint density at radius 3 is 2.61 bits per heavy atom. The number of amidine groups is 1. The number of carbonyl (C=O) groups excluding carboxylic acids is 1. The predicted molar refractivity (Wildman–Crippen MR) is 116 cm³/mol. The molecule has 1 amide bonds. The molecule has 2 aromatic carbocycles. The summed E-state index contributed by atoms with van der Waals surface area (Å²) < 4.78 is 5.40. The van der Waals surface area contributed by atoms with Crippen LogP contribution in [0.25, 0.3) is 6.08 Å². The van der Waals surface area contributed by atoms with Crippen molar-refractivity contribution in [2.75, 3.05) is 31.2 Å². The van der Waals surface area contributed by atoms with E-state index in [0.717, 1.165) is 48.7 Å². The van der Waals surface area contributed by atoms with Crippen LogP contribution in [0, 0.1) is 13.8 Å². The Balaban J connectivity index is 1.50. The lowest BCUT2D eigenvalue weighted by Gasteiger charge is -2.28. The van der Waals surface area contributed by atoms with E-state index in [9.17, 15) is 4.79 Å². The zero-order chi connectivity index (χ0) is 19.5. The number of amides is 1. The molecule has 4 rings (SSSR count). The van der Waals surface area contributed by atoms with E-state index in [-0.39, 0.29) is 5.91 Å². The SMILES string of the molecule is Cc1ccc(C)c(N=C2NC(=O)/C(=C\c3ccc(N4CCOCC4)cc3)S2)c1. The van der Waals surface area contributed by atoms with Crippen molar-refractivity contribution < 1.29 is 9.53 Å². The average molecular weight is 394 g/mol. The number of benzene rings is 2. The lowest BCUT2D eigenvalue weighted by Crippen LogP contribution is -2.36. The van der Waals surface area contributed by atoms with Crippen LogP contribution >= 0.6 is 11.8 Å². The molecule has 2 aromatic rings. The number of thioether (sulfide) groups is 1. The molecular weight excluding hydrogens is 370 g/mol. The van der Waals surface area contributed by atoms with Crippen LogP contribution in [-0.2, 0) is 9.53 Å². The van der Waals surface area contributed by atoms with Crippen molar-refractivity contribution >= 4 is 40.3 Å². The van der Waals surface area contributed by atoms with Gasteiger partial charge in [-0.15, -0.1) is 0 Å². The van der Waals surface area contributed by atoms with Crippen molar-refractivity contribution in [3.05, 3.63) is 64.1 Å². The molecule has 2 fully saturated rings. The van der Waals surface area contributed by atoms with Crippen molar-refractivity contribution in [3.8, 4) is 0 Å². The number of ether oxygens (including phenoxy) is 1. The van der Waals surface area contributed by atoms with Gasteiger partial charge in [-0.25, -0.2) is 4.99 Å². The second-order valence-electron chi connectivity index (χ2n) is 6.96. The second kappa shape index (κ2) is 8.20. The molecule has 1 N–H and O–H groups in total. The van der Waals surface area contributed by atoms with Crippen LogP contribution in [0.1, 0.15) is 16.7 Å². The molecule has 0 bridgehead atoms. The minimum absolute atomic E-state index is 0.105. The number of aliphatic imine (C=N–C) groups is 1. The Bertz CT molecular complexity index is 945. The Labute approximate surface area is 169 Å². The first-order chi connectivity index (χ1) is 13.6. The highest BCUT2D eigenvalue weighted by molar-refractivity contribution is 8.18. The Morgan fingerprint density at radius 2 is 1.86 bits per heavy atom. The van der Waals surface area contributed by atoms with Gasteiger partial charge in [0.2, 0.25) is 0 Å². The lowest BCUT2D eigenvalue weighted by atomic mass is 10.1. The van der Waals surface area contributed by atoms with E-state index in [4.69, 9.17) is 4.74 Å². The van der Waals surface area contributed by atoms with Crippen LogP contribution in [0.2, 0.25) is 0 Å². The van der Waals surface area contributed by atoms with Gasteiger partial charge in [0.05, 0.1) is 23.8 Å². The van der Waals surface area contributed by atoms with Crippen molar-refractivity contribution in [3.63, 3.8) is 0 Å². The molecule has 2 aliphatic heterocycles. The van der Waals surface area contributed by atoms with E-state index < -0.39 is 0 Å². The minimum atomic E-state index is -0.105. The maximum atomic E-state index is 12.3. The lowest BCUT2D eigenvalue weighted by molar-refractivity contribution is -0.115. The molecule has 2 heterocycles. The molecule has 0 radical (unpaired) electrons. The quantitative estimate of drug-likeness (QED) is 0.800. The smallest absolute Gasteiger partial charge is 0.264 e. The van der Waals surface area contributed by atoms with Gasteiger partial charge < -0.3 is 15.0 Å². The molecule has 2 aliphatic rings. The highest BCUT2D eigenvalue weighted by Crippen LogP contribution is 2.30. The summed E-state index contributed by atoms with van der Waals surface area (Å²) in [6.45, 7) is 7.42. The van der Waals surface area contributed by atoms with Crippen LogP contribution < -0.4 is 10.2 Å². The van der Waals surface area contributed by atoms with Crippen molar-refractivity contribution in [2.45, 2.75) is 13.8 Å². The van der Waals surface area contributed by atoms with Gasteiger partial charge in [-0.2, -0.15) is 0 Å². The summed E-state index contributed by atoms with van der Waals surface area (Å²) in [5, 5.41) is 3.49. The zero-order valence-electron chi connectivity index (χ0n) is 16.1. The molecular formula is C22H23N3O2S. The third-order valence-corrected chi connectivity index (χ3v) is 5.71. The third kappa shape index (κ3) is 4.29. The number of anilines is 1. The molecule has 0 aromatic heterocycles. The molecule has 0 saturated carbocycles. The maximum Gasteiger partial charge on any atom is 0.264 e. The fourth-order valence-electron chi connectivity index (χ4n) is 3.18. The fourth-order valence-corrected chi connectivity index (χ4v) is 4.02. The van der Waals surface area contributed by atoms with Gasteiger partial charge in [0, 0.05) is 18.8 Å². The number of hydrogen-bond donors (Lipinski definition) is 1. The normalized spacial score (nSPS) is 20.1. The van der Waals surface area contributed by atoms with E-state index in [1.165, 1.54) is 17.4 Å². The number of rotatable bonds is 3. The van der Waals surface area contributed by atoms with Gasteiger partial charge >= 0.3 is 0 Å². The molecule has 0 aliphatic carbocycles. The molecule has 5 nitrogen and oxygen atoms in total. The molecule has 28 heavy (non-hydrogen) atoms. The molecule has 6 heteroatoms. The average Bonchev–Trinajstić information content (AvgIpc) is 3.05. The topological polar surface area (TPSA) is 53.9 Å². The first kappa shape index (κ1) is 18.8. The van der Waals surface area contributed by atoms with Gasteiger partial charge in [0.15, 0.2) is 5.17 Å². The van der Waals surface area contributed by atoms with Crippen molar-refractivity contribution in [1.29, 1.82) is 0 Å². The standard InChI is InChI=1S/C22H23N3O2S/c1-15-3-4-16(2)19(13-15)23-22-24-21(26)20(28-22)14-17-5-7-18(8-6-17)25-9-11-27-12-10-25/h3-8,13-14H,9-12H2,1-2H3,(H,23,24,26)/b20-14+. The summed E-state index contributed by atoms with van der Waals surface area (Å²) >= 11 is 1.38. The number of nitrogens with one attached hydrogen (secondary N) is 1. The van der Waals surface area contributed by atoms with E-state index in [1.54, 1.807) is 0 Å². The summed E-state index contributed by atoms with van der Waals surface area (Å²) in [5.41, 5.74) is 5.31. The van der Waals surface area contributed by atoms with Crippen LogP contribution in [0.15, 0.2) is 52.4 Å². The molecule has 2 saturated heterocycles. The Kier molecular flexibility index (Phi) is 5.50. The Morgan fingerprint density at radius 1 is 1.11 bits per heavy atom. The van der Waals surface area contributed by atoms with E-state index in [0.29, 0.717) is 10.1 Å². The molecule has 0 unspecified atom stereocenters. The summed E-state index contributed by atoms with van der Waals surface area (Å²) in [6.07, 6.45) is 1.91. The van der Waals surface area contributed by atoms with Gasteiger partial charge in [0.1, 0.15) is 0 Å². The second-order valence-corrected chi connectivity index (χ2v) is 7.99. The van der Waals surface area contributed by atoms with Crippen LogP contribution in [0.5, 0.6) is 0 Å². The van der Waals surface area contributed by atoms with Gasteiger partial charge in [-0.05, 0) is 66.6 Å². The predicted octanol–water partition coefficient (Wildman–Crippen LogP) is 4.03. The van der Waals surface area contributed by atoms with Gasteiger partial charge in [-0.3, -0.25) is 4.79 Å². The highest BCUT2D eigenvalue weighted by Gasteiger charge is 2.24. The fraction of sp³-hybridized carbons (Fsp3) is 0.273. The van der Waals surface area contributed by atoms with Crippen LogP contribution in [-0.4, -0.2) is 37.4 Å². The van der Waals surface area contributed by atoms with Crippen molar-refractivity contribution in [2.24, 2.45) is 4.99 Å². The first-order valence-electron chi connectivity index (χ1n) is 9.38. The summed E-state index contributed by atoms with van der Waals surface area (Å²) in [4.78, 5) is 19.9. The summed E-state index contributed by atoms with van der Waals surface area (Å²) in [5.74, 6) is -0.105. The van der Waals surface area contributed by atoms with Crippen LogP contribution in [0.3, 0.4) is 0 Å². The first-order valence-corrected chi connectivity index (χ1v) is 10.2. The summed E-state index contributed by atoms with van der Waals surface area (Å²) in [6, 6.07) is 14.4. The van der Waals surface area contributed by atoms with E-state index in [1.807, 2.05) is 44.2 Å². The molecule has 0 spiro atoms. The summed E-state index contributed by atoms with van der Waals surface area (Å²) in [7, 11) is 0. The van der Waals surface area contributed by atoms with Crippen molar-refractivity contribution in [1.82, 2.24) is 5.32 Å². The number of hydrogen-bond acceptors (Lipinski definition) is 5. The highest BCUT2D eigenvalue weighted by atomic mass is 32.2. The minimum Gasteiger partial charge on any atom is -0.378 e. The van der Waals surface area contributed by atoms with Crippen LogP contribution in [0.4, 0.5) is 11.4 Å². The number of morpholine rings is 1. The zero-order valence-corrected chi connectivity index (χ0v) is 16.9. The molecule has 144 valence electrons. The number of aryl methyl sites for hydroxylation is 2. The third-order valence-electron chi connectivity index (χ3n) is 4.80. The largest absolute Gasteiger partial charge is 0.378 e. The molecule has 0 atom stereocenters.